The molecular weight excluding hydrogens is 278 g/mol. The maximum Gasteiger partial charge on any atom is 0.231 e. The fourth-order valence-corrected chi connectivity index (χ4v) is 2.57. The van der Waals surface area contributed by atoms with Crippen molar-refractivity contribution >= 4 is 0 Å². The van der Waals surface area contributed by atoms with Crippen LogP contribution in [-0.4, -0.2) is 19.9 Å². The predicted molar refractivity (Wildman–Crippen MR) is 85.5 cm³/mol. The van der Waals surface area contributed by atoms with E-state index in [1.807, 2.05) is 36.4 Å². The van der Waals surface area contributed by atoms with E-state index in [0.717, 1.165) is 23.7 Å². The van der Waals surface area contributed by atoms with Crippen molar-refractivity contribution in [1.29, 1.82) is 0 Å². The van der Waals surface area contributed by atoms with Crippen LogP contribution in [0.15, 0.2) is 48.5 Å². The van der Waals surface area contributed by atoms with Crippen LogP contribution in [0.3, 0.4) is 0 Å². The predicted octanol–water partition coefficient (Wildman–Crippen LogP) is 3.10. The van der Waals surface area contributed by atoms with Crippen LogP contribution in [0.2, 0.25) is 0 Å². The van der Waals surface area contributed by atoms with E-state index in [2.05, 4.69) is 19.1 Å². The molecule has 0 bridgehead atoms. The van der Waals surface area contributed by atoms with Gasteiger partial charge in [-0.25, -0.2) is 0 Å². The van der Waals surface area contributed by atoms with Crippen molar-refractivity contribution in [3.8, 4) is 17.2 Å². The Labute approximate surface area is 130 Å². The number of benzene rings is 2. The largest absolute Gasteiger partial charge is 0.493 e. The van der Waals surface area contributed by atoms with Gasteiger partial charge >= 0.3 is 0 Å². The van der Waals surface area contributed by atoms with Crippen LogP contribution in [-0.2, 0) is 5.41 Å². The van der Waals surface area contributed by atoms with Gasteiger partial charge in [0.1, 0.15) is 5.75 Å². The average Bonchev–Trinajstić information content (AvgIpc) is 3.03. The minimum absolute atomic E-state index is 0.0857. The van der Waals surface area contributed by atoms with Gasteiger partial charge in [0, 0.05) is 18.0 Å². The highest BCUT2D eigenvalue weighted by atomic mass is 16.7. The first-order chi connectivity index (χ1) is 10.7. The van der Waals surface area contributed by atoms with Crippen molar-refractivity contribution in [3.63, 3.8) is 0 Å². The summed E-state index contributed by atoms with van der Waals surface area (Å²) in [6.07, 6.45) is 0.849. The molecule has 1 unspecified atom stereocenters. The SMILES string of the molecule is CC(CN)(CCOc1ccc2c(c1)OCO2)c1ccccc1. The second-order valence-electron chi connectivity index (χ2n) is 5.74. The topological polar surface area (TPSA) is 53.7 Å². The zero-order chi connectivity index (χ0) is 15.4. The maximum absolute atomic E-state index is 6.00. The summed E-state index contributed by atoms with van der Waals surface area (Å²) in [7, 11) is 0. The number of fused-ring (bicyclic) bond motifs is 1. The lowest BCUT2D eigenvalue weighted by Crippen LogP contribution is -2.33. The van der Waals surface area contributed by atoms with Gasteiger partial charge in [0.25, 0.3) is 0 Å². The Kier molecular flexibility index (Phi) is 4.20. The summed E-state index contributed by atoms with van der Waals surface area (Å²) in [5.41, 5.74) is 7.16. The minimum Gasteiger partial charge on any atom is -0.493 e. The summed E-state index contributed by atoms with van der Waals surface area (Å²) >= 11 is 0. The van der Waals surface area contributed by atoms with E-state index >= 15 is 0 Å². The molecule has 116 valence electrons. The Balaban J connectivity index is 1.62. The van der Waals surface area contributed by atoms with Crippen LogP contribution < -0.4 is 19.9 Å². The van der Waals surface area contributed by atoms with Gasteiger partial charge in [-0.15, -0.1) is 0 Å². The first kappa shape index (κ1) is 14.7. The molecule has 0 saturated heterocycles. The number of rotatable bonds is 6. The van der Waals surface area contributed by atoms with E-state index < -0.39 is 0 Å². The Morgan fingerprint density at radius 2 is 1.86 bits per heavy atom. The van der Waals surface area contributed by atoms with Crippen molar-refractivity contribution in [3.05, 3.63) is 54.1 Å². The van der Waals surface area contributed by atoms with E-state index in [4.69, 9.17) is 19.9 Å². The van der Waals surface area contributed by atoms with Crippen molar-refractivity contribution < 1.29 is 14.2 Å². The van der Waals surface area contributed by atoms with Crippen LogP contribution in [0.1, 0.15) is 18.9 Å². The minimum atomic E-state index is -0.0857. The zero-order valence-electron chi connectivity index (χ0n) is 12.7. The number of hydrogen-bond acceptors (Lipinski definition) is 4. The molecule has 2 N–H and O–H groups in total. The monoisotopic (exact) mass is 299 g/mol. The summed E-state index contributed by atoms with van der Waals surface area (Å²) in [6, 6.07) is 16.0. The van der Waals surface area contributed by atoms with Gasteiger partial charge in [-0.2, -0.15) is 0 Å². The number of nitrogens with two attached hydrogens (primary N) is 1. The summed E-state index contributed by atoms with van der Waals surface area (Å²) < 4.78 is 16.5. The molecule has 4 heteroatoms. The summed E-state index contributed by atoms with van der Waals surface area (Å²) in [6.45, 7) is 3.63. The van der Waals surface area contributed by atoms with Crippen LogP contribution in [0.5, 0.6) is 17.2 Å². The van der Waals surface area contributed by atoms with Gasteiger partial charge in [-0.1, -0.05) is 37.3 Å². The summed E-state index contributed by atoms with van der Waals surface area (Å²) in [5.74, 6) is 2.29. The van der Waals surface area contributed by atoms with Crippen LogP contribution >= 0.6 is 0 Å². The van der Waals surface area contributed by atoms with Crippen LogP contribution in [0.4, 0.5) is 0 Å². The molecule has 0 aliphatic carbocycles. The van der Waals surface area contributed by atoms with Gasteiger partial charge in [0.15, 0.2) is 11.5 Å². The van der Waals surface area contributed by atoms with Gasteiger partial charge in [-0.3, -0.25) is 0 Å². The quantitative estimate of drug-likeness (QED) is 0.890. The molecule has 0 aromatic heterocycles. The van der Waals surface area contributed by atoms with E-state index in [9.17, 15) is 0 Å². The third-order valence-electron chi connectivity index (χ3n) is 4.19. The smallest absolute Gasteiger partial charge is 0.231 e. The molecule has 1 aliphatic heterocycles. The van der Waals surface area contributed by atoms with Crippen molar-refractivity contribution in [2.45, 2.75) is 18.8 Å². The second-order valence-corrected chi connectivity index (χ2v) is 5.74. The number of ether oxygens (including phenoxy) is 3. The van der Waals surface area contributed by atoms with E-state index in [-0.39, 0.29) is 12.2 Å². The molecule has 1 atom stereocenters. The van der Waals surface area contributed by atoms with Gasteiger partial charge in [0.05, 0.1) is 6.61 Å². The van der Waals surface area contributed by atoms with Gasteiger partial charge < -0.3 is 19.9 Å². The molecule has 1 aliphatic rings. The molecule has 3 rings (SSSR count). The maximum atomic E-state index is 6.00. The molecule has 2 aromatic rings. The Bertz CT molecular complexity index is 629. The Hall–Kier alpha value is -2.20. The van der Waals surface area contributed by atoms with Gasteiger partial charge in [-0.05, 0) is 24.1 Å². The molecular formula is C18H21NO3. The summed E-state index contributed by atoms with van der Waals surface area (Å²) in [4.78, 5) is 0. The lowest BCUT2D eigenvalue weighted by atomic mass is 9.80. The fourth-order valence-electron chi connectivity index (χ4n) is 2.57. The highest BCUT2D eigenvalue weighted by Gasteiger charge is 2.24. The third kappa shape index (κ3) is 3.02. The first-order valence-corrected chi connectivity index (χ1v) is 7.49. The van der Waals surface area contributed by atoms with E-state index in [0.29, 0.717) is 13.2 Å². The summed E-state index contributed by atoms with van der Waals surface area (Å²) in [5, 5.41) is 0. The number of hydrogen-bond donors (Lipinski definition) is 1. The lowest BCUT2D eigenvalue weighted by molar-refractivity contribution is 0.173. The van der Waals surface area contributed by atoms with E-state index in [1.165, 1.54) is 5.56 Å². The molecule has 2 aromatic carbocycles. The molecule has 0 radical (unpaired) electrons. The highest BCUT2D eigenvalue weighted by molar-refractivity contribution is 5.46. The Morgan fingerprint density at radius 1 is 1.09 bits per heavy atom. The van der Waals surface area contributed by atoms with Crippen LogP contribution in [0, 0.1) is 0 Å². The standard InChI is InChI=1S/C18H21NO3/c1-18(12-19,14-5-3-2-4-6-14)9-10-20-15-7-8-16-17(11-15)22-13-21-16/h2-8,11H,9-10,12-13,19H2,1H3. The molecule has 0 spiro atoms. The molecule has 0 saturated carbocycles. The van der Waals surface area contributed by atoms with Crippen molar-refractivity contribution in [1.82, 2.24) is 0 Å². The van der Waals surface area contributed by atoms with E-state index in [1.54, 1.807) is 0 Å². The molecule has 0 amide bonds. The lowest BCUT2D eigenvalue weighted by Gasteiger charge is -2.28. The Morgan fingerprint density at radius 3 is 2.64 bits per heavy atom. The molecule has 1 heterocycles. The highest BCUT2D eigenvalue weighted by Crippen LogP contribution is 2.35. The molecule has 4 nitrogen and oxygen atoms in total. The average molecular weight is 299 g/mol. The van der Waals surface area contributed by atoms with Gasteiger partial charge in [0.2, 0.25) is 6.79 Å². The molecule has 0 fully saturated rings. The third-order valence-corrected chi connectivity index (χ3v) is 4.19. The van der Waals surface area contributed by atoms with Crippen molar-refractivity contribution in [2.75, 3.05) is 19.9 Å². The van der Waals surface area contributed by atoms with Crippen molar-refractivity contribution in [2.24, 2.45) is 5.73 Å². The zero-order valence-corrected chi connectivity index (χ0v) is 12.7. The fraction of sp³-hybridized carbons (Fsp3) is 0.333. The first-order valence-electron chi connectivity index (χ1n) is 7.49. The van der Waals surface area contributed by atoms with Crippen LogP contribution in [0.25, 0.3) is 0 Å². The normalized spacial score (nSPS) is 15.4. The molecule has 22 heavy (non-hydrogen) atoms. The second kappa shape index (κ2) is 6.28.